The van der Waals surface area contributed by atoms with Crippen molar-refractivity contribution in [1.82, 2.24) is 0 Å². The summed E-state index contributed by atoms with van der Waals surface area (Å²) in [6, 6.07) is 0. The molecule has 8 heteroatoms. The number of carbonyl (C=O) groups excluding carboxylic acids is 4. The number of allylic oxidation sites excluding steroid dienone is 3. The fourth-order valence-corrected chi connectivity index (χ4v) is 9.66. The highest BCUT2D eigenvalue weighted by atomic mass is 32.2. The number of esters is 2. The van der Waals surface area contributed by atoms with Crippen molar-refractivity contribution in [3.8, 4) is 0 Å². The van der Waals surface area contributed by atoms with Gasteiger partial charge >= 0.3 is 11.9 Å². The van der Waals surface area contributed by atoms with Crippen LogP contribution in [0.1, 0.15) is 72.6 Å². The third-order valence-corrected chi connectivity index (χ3v) is 11.5. The van der Waals surface area contributed by atoms with E-state index in [-0.39, 0.29) is 52.7 Å². The number of carbonyl (C=O) groups is 4. The highest BCUT2D eigenvalue weighted by Gasteiger charge is 2.72. The molecule has 196 valence electrons. The summed E-state index contributed by atoms with van der Waals surface area (Å²) in [4.78, 5) is 51.2. The fourth-order valence-electron chi connectivity index (χ4n) is 8.37. The maximum absolute atomic E-state index is 14.1. The Hall–Kier alpha value is -2.09. The summed E-state index contributed by atoms with van der Waals surface area (Å²) in [6.45, 7) is 8.18. The quantitative estimate of drug-likeness (QED) is 0.536. The molecular weight excluding hydrogens is 480 g/mol. The van der Waals surface area contributed by atoms with E-state index in [0.29, 0.717) is 19.4 Å². The smallest absolute Gasteiger partial charge is 0.319 e. The van der Waals surface area contributed by atoms with Gasteiger partial charge in [-0.3, -0.25) is 19.2 Å². The lowest BCUT2D eigenvalue weighted by atomic mass is 9.47. The molecule has 5 aliphatic rings. The van der Waals surface area contributed by atoms with E-state index in [1.54, 1.807) is 13.0 Å². The highest BCUT2D eigenvalue weighted by Crippen LogP contribution is 2.70. The average Bonchev–Trinajstić information content (AvgIpc) is 3.33. The molecular formula is C28H36O7S. The van der Waals surface area contributed by atoms with Crippen molar-refractivity contribution in [3.63, 3.8) is 0 Å². The SMILES string of the molecule is CCC(=O)O[C@]1(C(=O)S[C@H]2CCOC2=O)C(C)C[C@H]2[C@@H]3CCC4=CC(=O)C=C(O)[C@]4(C)[C@H]3CC[C@@]21C. The van der Waals surface area contributed by atoms with E-state index >= 15 is 0 Å². The van der Waals surface area contributed by atoms with E-state index in [1.165, 1.54) is 6.08 Å². The third kappa shape index (κ3) is 3.38. The van der Waals surface area contributed by atoms with Crippen molar-refractivity contribution in [2.45, 2.75) is 83.5 Å². The minimum atomic E-state index is -1.32. The number of rotatable bonds is 4. The molecule has 1 N–H and O–H groups in total. The Labute approximate surface area is 216 Å². The minimum absolute atomic E-state index is 0.111. The number of cyclic esters (lactones) is 1. The van der Waals surface area contributed by atoms with E-state index in [1.807, 2.05) is 13.8 Å². The van der Waals surface area contributed by atoms with Crippen LogP contribution in [-0.4, -0.2) is 45.4 Å². The van der Waals surface area contributed by atoms with Gasteiger partial charge in [0.2, 0.25) is 5.12 Å². The van der Waals surface area contributed by atoms with Crippen LogP contribution in [0.4, 0.5) is 0 Å². The van der Waals surface area contributed by atoms with E-state index in [4.69, 9.17) is 9.47 Å². The predicted octanol–water partition coefficient (Wildman–Crippen LogP) is 4.69. The van der Waals surface area contributed by atoms with Crippen LogP contribution in [0.25, 0.3) is 0 Å². The zero-order valence-corrected chi connectivity index (χ0v) is 22.3. The summed E-state index contributed by atoms with van der Waals surface area (Å²) in [5.74, 6) is -0.542. The van der Waals surface area contributed by atoms with Crippen LogP contribution in [0, 0.1) is 34.5 Å². The lowest BCUT2D eigenvalue weighted by molar-refractivity contribution is -0.190. The van der Waals surface area contributed by atoms with Crippen LogP contribution in [0.15, 0.2) is 23.5 Å². The monoisotopic (exact) mass is 516 g/mol. The molecule has 0 radical (unpaired) electrons. The maximum Gasteiger partial charge on any atom is 0.319 e. The summed E-state index contributed by atoms with van der Waals surface area (Å²) in [5, 5.41) is 10.2. The zero-order chi connectivity index (χ0) is 26.0. The first-order valence-electron chi connectivity index (χ1n) is 13.2. The summed E-state index contributed by atoms with van der Waals surface area (Å²) >= 11 is 0.983. The highest BCUT2D eigenvalue weighted by molar-refractivity contribution is 8.14. The van der Waals surface area contributed by atoms with E-state index in [0.717, 1.165) is 43.0 Å². The molecule has 36 heavy (non-hydrogen) atoms. The summed E-state index contributed by atoms with van der Waals surface area (Å²) in [7, 11) is 0. The molecule has 0 bridgehead atoms. The molecule has 1 unspecified atom stereocenters. The predicted molar refractivity (Wildman–Crippen MR) is 134 cm³/mol. The maximum atomic E-state index is 14.1. The molecule has 0 aromatic heterocycles. The Morgan fingerprint density at radius 2 is 1.92 bits per heavy atom. The van der Waals surface area contributed by atoms with E-state index < -0.39 is 27.7 Å². The summed E-state index contributed by atoms with van der Waals surface area (Å²) in [5.41, 5.74) is -1.50. The molecule has 1 saturated heterocycles. The van der Waals surface area contributed by atoms with Crippen molar-refractivity contribution in [1.29, 1.82) is 0 Å². The molecule has 7 nitrogen and oxygen atoms in total. The van der Waals surface area contributed by atoms with Crippen LogP contribution in [0.5, 0.6) is 0 Å². The van der Waals surface area contributed by atoms with Gasteiger partial charge in [-0.1, -0.05) is 38.1 Å². The number of ketones is 1. The van der Waals surface area contributed by atoms with Gasteiger partial charge < -0.3 is 14.6 Å². The van der Waals surface area contributed by atoms with Gasteiger partial charge in [0.05, 0.1) is 6.61 Å². The first-order valence-corrected chi connectivity index (χ1v) is 14.1. The Balaban J connectivity index is 1.53. The Morgan fingerprint density at radius 3 is 2.58 bits per heavy atom. The molecule has 5 rings (SSSR count). The average molecular weight is 517 g/mol. The van der Waals surface area contributed by atoms with Crippen molar-refractivity contribution in [2.75, 3.05) is 6.61 Å². The normalized spacial score (nSPS) is 43.5. The second kappa shape index (κ2) is 8.74. The standard InChI is InChI=1S/C28H36O7S/c1-5-23(31)35-28(25(33)36-21-9-11-34-24(21)32)15(2)12-20-18-7-6-16-13-17(29)14-22(30)27(16,4)19(18)8-10-26(20,28)3/h13-15,18-21,30H,5-12H2,1-4H3/t15?,18-,19+,20+,21+,26+,27+,28+/m1/s1. The van der Waals surface area contributed by atoms with Crippen LogP contribution in [0.3, 0.4) is 0 Å². The Bertz CT molecular complexity index is 1080. The fraction of sp³-hybridized carbons (Fsp3) is 0.714. The van der Waals surface area contributed by atoms with Gasteiger partial charge in [-0.2, -0.15) is 0 Å². The Kier molecular flexibility index (Phi) is 6.21. The number of thioether (sulfide) groups is 1. The number of hydrogen-bond acceptors (Lipinski definition) is 8. The van der Waals surface area contributed by atoms with E-state index in [9.17, 15) is 24.3 Å². The largest absolute Gasteiger partial charge is 0.511 e. The van der Waals surface area contributed by atoms with E-state index in [2.05, 4.69) is 6.92 Å². The summed E-state index contributed by atoms with van der Waals surface area (Å²) in [6.07, 6.45) is 7.42. The molecule has 1 aliphatic heterocycles. The van der Waals surface area contributed by atoms with Gasteiger partial charge in [-0.05, 0) is 62.9 Å². The molecule has 0 amide bonds. The number of ether oxygens (including phenoxy) is 2. The van der Waals surface area contributed by atoms with Gasteiger partial charge in [0.1, 0.15) is 11.0 Å². The van der Waals surface area contributed by atoms with Gasteiger partial charge in [-0.25, -0.2) is 0 Å². The summed E-state index contributed by atoms with van der Waals surface area (Å²) < 4.78 is 11.3. The van der Waals surface area contributed by atoms with Crippen molar-refractivity contribution < 1.29 is 33.8 Å². The molecule has 4 aliphatic carbocycles. The van der Waals surface area contributed by atoms with Gasteiger partial charge in [0.25, 0.3) is 0 Å². The second-order valence-electron chi connectivity index (χ2n) is 11.7. The third-order valence-electron chi connectivity index (χ3n) is 10.3. The van der Waals surface area contributed by atoms with Gasteiger partial charge in [0, 0.05) is 35.7 Å². The van der Waals surface area contributed by atoms with Crippen LogP contribution < -0.4 is 0 Å². The number of aliphatic hydroxyl groups excluding tert-OH is 1. The van der Waals surface area contributed by atoms with Crippen molar-refractivity contribution >= 4 is 34.6 Å². The first-order chi connectivity index (χ1) is 17.0. The van der Waals surface area contributed by atoms with Gasteiger partial charge in [-0.15, -0.1) is 0 Å². The zero-order valence-electron chi connectivity index (χ0n) is 21.5. The second-order valence-corrected chi connectivity index (χ2v) is 12.9. The van der Waals surface area contributed by atoms with Crippen LogP contribution >= 0.6 is 11.8 Å². The molecule has 0 spiro atoms. The number of fused-ring (bicyclic) bond motifs is 5. The van der Waals surface area contributed by atoms with Crippen molar-refractivity contribution in [3.05, 3.63) is 23.5 Å². The topological polar surface area (TPSA) is 107 Å². The molecule has 3 saturated carbocycles. The number of aliphatic hydroxyl groups is 1. The molecule has 0 aromatic rings. The molecule has 0 aromatic carbocycles. The molecule has 1 heterocycles. The van der Waals surface area contributed by atoms with Crippen molar-refractivity contribution in [2.24, 2.45) is 34.5 Å². The Morgan fingerprint density at radius 1 is 1.17 bits per heavy atom. The lowest BCUT2D eigenvalue weighted by Gasteiger charge is -2.58. The number of hydrogen-bond donors (Lipinski definition) is 1. The van der Waals surface area contributed by atoms with Crippen LogP contribution in [-0.2, 0) is 28.7 Å². The molecule has 8 atom stereocenters. The van der Waals surface area contributed by atoms with Gasteiger partial charge in [0.15, 0.2) is 11.4 Å². The molecule has 4 fully saturated rings. The first kappa shape index (κ1) is 25.6. The van der Waals surface area contributed by atoms with Crippen LogP contribution in [0.2, 0.25) is 0 Å². The lowest BCUT2D eigenvalue weighted by Crippen LogP contribution is -2.60. The minimum Gasteiger partial charge on any atom is -0.511 e.